The van der Waals surface area contributed by atoms with Gasteiger partial charge in [-0.1, -0.05) is 0 Å². The summed E-state index contributed by atoms with van der Waals surface area (Å²) in [4.78, 5) is 11.7. The summed E-state index contributed by atoms with van der Waals surface area (Å²) in [6, 6.07) is 4.54. The molecule has 8 heteroatoms. The summed E-state index contributed by atoms with van der Waals surface area (Å²) in [6.45, 7) is 2.60. The monoisotopic (exact) mass is 328 g/mol. The van der Waals surface area contributed by atoms with Gasteiger partial charge in [0.1, 0.15) is 0 Å². The van der Waals surface area contributed by atoms with Crippen molar-refractivity contribution >= 4 is 17.3 Å². The fraction of sp³-hybridized carbons (Fsp3) is 0.533. The van der Waals surface area contributed by atoms with E-state index < -0.39 is 5.97 Å². The van der Waals surface area contributed by atoms with Crippen molar-refractivity contribution in [2.45, 2.75) is 0 Å². The first-order valence-corrected chi connectivity index (χ1v) is 7.19. The Labute approximate surface area is 135 Å². The largest absolute Gasteiger partial charge is 0.435 e. The first kappa shape index (κ1) is 19.2. The second-order valence-electron chi connectivity index (χ2n) is 4.56. The van der Waals surface area contributed by atoms with Crippen LogP contribution < -0.4 is 11.5 Å². The van der Waals surface area contributed by atoms with Crippen molar-refractivity contribution in [3.8, 4) is 0 Å². The van der Waals surface area contributed by atoms with E-state index in [1.807, 2.05) is 0 Å². The topological polar surface area (TPSA) is 115 Å². The molecule has 0 spiro atoms. The average molecular weight is 328 g/mol. The highest BCUT2D eigenvalue weighted by molar-refractivity contribution is 5.91. The molecule has 0 aromatic heterocycles. The molecule has 0 bridgehead atoms. The Morgan fingerprint density at radius 1 is 0.870 bits per heavy atom. The van der Waals surface area contributed by atoms with Gasteiger partial charge in [0.25, 0.3) is 0 Å². The molecule has 1 aromatic rings. The minimum absolute atomic E-state index is 0.165. The maximum absolute atomic E-state index is 11.7. The summed E-state index contributed by atoms with van der Waals surface area (Å²) in [5.74, 6) is -0.545. The number of carbonyl (C=O) groups is 1. The lowest BCUT2D eigenvalue weighted by Crippen LogP contribution is -2.14. The van der Waals surface area contributed by atoms with Gasteiger partial charge in [-0.25, -0.2) is 4.79 Å². The molecular weight excluding hydrogens is 304 g/mol. The highest BCUT2D eigenvalue weighted by Gasteiger charge is 2.08. The van der Waals surface area contributed by atoms with Gasteiger partial charge in [-0.05, 0) is 18.2 Å². The Balaban J connectivity index is 2.01. The standard InChI is InChI=1S/C15H24N2O6/c1-19-2-3-20-4-5-21-6-7-22-11-23-15(18)12-8-13(16)10-14(17)9-12/h8-10H,2-7,11,16-17H2,1H3. The number of anilines is 2. The lowest BCUT2D eigenvalue weighted by molar-refractivity contribution is -0.0529. The van der Waals surface area contributed by atoms with Crippen LogP contribution in [0.25, 0.3) is 0 Å². The van der Waals surface area contributed by atoms with E-state index in [2.05, 4.69) is 0 Å². The quantitative estimate of drug-likeness (QED) is 0.249. The van der Waals surface area contributed by atoms with Gasteiger partial charge >= 0.3 is 5.97 Å². The predicted octanol–water partition coefficient (Wildman–Crippen LogP) is 0.662. The van der Waals surface area contributed by atoms with E-state index >= 15 is 0 Å². The first-order chi connectivity index (χ1) is 11.1. The number of carbonyl (C=O) groups excluding carboxylic acids is 1. The van der Waals surface area contributed by atoms with Crippen molar-refractivity contribution in [1.82, 2.24) is 0 Å². The number of rotatable bonds is 12. The Morgan fingerprint density at radius 3 is 1.96 bits per heavy atom. The molecule has 1 aromatic carbocycles. The lowest BCUT2D eigenvalue weighted by Gasteiger charge is -2.08. The van der Waals surface area contributed by atoms with Gasteiger partial charge in [0.05, 0.1) is 45.2 Å². The lowest BCUT2D eigenvalue weighted by atomic mass is 10.2. The van der Waals surface area contributed by atoms with Crippen molar-refractivity contribution in [2.75, 3.05) is 65.0 Å². The smallest absolute Gasteiger partial charge is 0.340 e. The molecule has 0 aliphatic heterocycles. The molecule has 8 nitrogen and oxygen atoms in total. The van der Waals surface area contributed by atoms with E-state index in [-0.39, 0.29) is 12.4 Å². The summed E-state index contributed by atoms with van der Waals surface area (Å²) in [6.07, 6.45) is 0. The van der Waals surface area contributed by atoms with Gasteiger partial charge in [-0.15, -0.1) is 0 Å². The van der Waals surface area contributed by atoms with E-state index in [1.54, 1.807) is 13.2 Å². The second kappa shape index (κ2) is 11.7. The van der Waals surface area contributed by atoms with Crippen LogP contribution in [0.4, 0.5) is 11.4 Å². The van der Waals surface area contributed by atoms with Crippen LogP contribution in [0.5, 0.6) is 0 Å². The molecule has 0 atom stereocenters. The maximum Gasteiger partial charge on any atom is 0.340 e. The Kier molecular flexibility index (Phi) is 9.73. The summed E-state index contributed by atoms with van der Waals surface area (Å²) in [7, 11) is 1.62. The zero-order valence-electron chi connectivity index (χ0n) is 13.3. The third-order valence-electron chi connectivity index (χ3n) is 2.66. The maximum atomic E-state index is 11.7. The average Bonchev–Trinajstić information content (AvgIpc) is 2.51. The van der Waals surface area contributed by atoms with Gasteiger partial charge in [0, 0.05) is 18.5 Å². The molecule has 0 amide bonds. The number of nitrogen functional groups attached to an aromatic ring is 2. The third kappa shape index (κ3) is 8.99. The number of methoxy groups -OCH3 is 1. The fourth-order valence-electron chi connectivity index (χ4n) is 1.61. The summed E-state index contributed by atoms with van der Waals surface area (Å²) in [5, 5.41) is 0. The van der Waals surface area contributed by atoms with Gasteiger partial charge in [-0.2, -0.15) is 0 Å². The number of benzene rings is 1. The Bertz CT molecular complexity index is 449. The van der Waals surface area contributed by atoms with E-state index in [4.69, 9.17) is 35.2 Å². The number of esters is 1. The number of ether oxygens (including phenoxy) is 5. The molecule has 23 heavy (non-hydrogen) atoms. The molecule has 1 rings (SSSR count). The van der Waals surface area contributed by atoms with Crippen LogP contribution in [0.2, 0.25) is 0 Å². The van der Waals surface area contributed by atoms with Crippen LogP contribution in [-0.4, -0.2) is 59.5 Å². The van der Waals surface area contributed by atoms with Crippen LogP contribution in [0.3, 0.4) is 0 Å². The molecule has 130 valence electrons. The highest BCUT2D eigenvalue weighted by Crippen LogP contribution is 2.14. The van der Waals surface area contributed by atoms with E-state index in [9.17, 15) is 4.79 Å². The van der Waals surface area contributed by atoms with Crippen molar-refractivity contribution in [1.29, 1.82) is 0 Å². The third-order valence-corrected chi connectivity index (χ3v) is 2.66. The fourth-order valence-corrected chi connectivity index (χ4v) is 1.61. The van der Waals surface area contributed by atoms with Crippen LogP contribution in [-0.2, 0) is 23.7 Å². The first-order valence-electron chi connectivity index (χ1n) is 7.19. The van der Waals surface area contributed by atoms with Crippen LogP contribution in [0, 0.1) is 0 Å². The minimum atomic E-state index is -0.545. The zero-order chi connectivity index (χ0) is 16.9. The molecule has 0 aliphatic carbocycles. The SMILES string of the molecule is COCCOCCOCCOCOC(=O)c1cc(N)cc(N)c1. The van der Waals surface area contributed by atoms with Crippen molar-refractivity contribution in [3.05, 3.63) is 23.8 Å². The zero-order valence-corrected chi connectivity index (χ0v) is 13.3. The van der Waals surface area contributed by atoms with Gasteiger partial charge in [0.15, 0.2) is 6.79 Å². The molecule has 4 N–H and O–H groups in total. The normalized spacial score (nSPS) is 10.7. The Morgan fingerprint density at radius 2 is 1.39 bits per heavy atom. The second-order valence-corrected chi connectivity index (χ2v) is 4.56. The van der Waals surface area contributed by atoms with Crippen molar-refractivity contribution < 1.29 is 28.5 Å². The van der Waals surface area contributed by atoms with E-state index in [0.29, 0.717) is 51.0 Å². The van der Waals surface area contributed by atoms with Crippen molar-refractivity contribution in [2.24, 2.45) is 0 Å². The predicted molar refractivity (Wildman–Crippen MR) is 85.0 cm³/mol. The van der Waals surface area contributed by atoms with Crippen LogP contribution in [0.1, 0.15) is 10.4 Å². The Hall–Kier alpha value is -1.87. The van der Waals surface area contributed by atoms with E-state index in [0.717, 1.165) is 0 Å². The van der Waals surface area contributed by atoms with Gasteiger partial charge in [0.2, 0.25) is 0 Å². The molecular formula is C15H24N2O6. The number of nitrogens with two attached hydrogens (primary N) is 2. The molecule has 0 aliphatic rings. The van der Waals surface area contributed by atoms with E-state index in [1.165, 1.54) is 12.1 Å². The molecule has 0 heterocycles. The van der Waals surface area contributed by atoms with Gasteiger partial charge < -0.3 is 35.2 Å². The number of hydrogen-bond acceptors (Lipinski definition) is 8. The number of hydrogen-bond donors (Lipinski definition) is 2. The minimum Gasteiger partial charge on any atom is -0.435 e. The molecule has 0 fully saturated rings. The van der Waals surface area contributed by atoms with Gasteiger partial charge in [-0.3, -0.25) is 0 Å². The van der Waals surface area contributed by atoms with Crippen molar-refractivity contribution in [3.63, 3.8) is 0 Å². The molecule has 0 radical (unpaired) electrons. The molecule has 0 saturated carbocycles. The summed E-state index contributed by atoms with van der Waals surface area (Å²) >= 11 is 0. The highest BCUT2D eigenvalue weighted by atomic mass is 16.7. The summed E-state index contributed by atoms with van der Waals surface area (Å²) < 4.78 is 25.4. The van der Waals surface area contributed by atoms with Crippen LogP contribution in [0.15, 0.2) is 18.2 Å². The molecule has 0 saturated heterocycles. The van der Waals surface area contributed by atoms with Crippen LogP contribution >= 0.6 is 0 Å². The molecule has 0 unspecified atom stereocenters. The summed E-state index contributed by atoms with van der Waals surface area (Å²) in [5.41, 5.74) is 12.3.